The van der Waals surface area contributed by atoms with Crippen molar-refractivity contribution < 1.29 is 14.7 Å². The van der Waals surface area contributed by atoms with Crippen molar-refractivity contribution in [2.24, 2.45) is 5.92 Å². The van der Waals surface area contributed by atoms with Crippen LogP contribution in [-0.2, 0) is 11.3 Å². The molecule has 20 heavy (non-hydrogen) atoms. The fraction of sp³-hybridized carbons (Fsp3) is 0.467. The van der Waals surface area contributed by atoms with Crippen molar-refractivity contribution in [1.82, 2.24) is 10.2 Å². The molecule has 1 heterocycles. The summed E-state index contributed by atoms with van der Waals surface area (Å²) in [6, 6.07) is 7.70. The molecule has 1 fully saturated rings. The normalized spacial score (nSPS) is 18.6. The predicted molar refractivity (Wildman–Crippen MR) is 75.3 cm³/mol. The number of carboxylic acids is 1. The lowest BCUT2D eigenvalue weighted by Crippen LogP contribution is -2.46. The number of urea groups is 1. The largest absolute Gasteiger partial charge is 0.481 e. The Labute approximate surface area is 118 Å². The molecule has 0 aliphatic carbocycles. The molecule has 1 aliphatic heterocycles. The number of carbonyl (C=O) groups is 2. The van der Waals surface area contributed by atoms with Crippen LogP contribution >= 0.6 is 0 Å². The average molecular weight is 276 g/mol. The van der Waals surface area contributed by atoms with Crippen LogP contribution in [0.15, 0.2) is 24.3 Å². The summed E-state index contributed by atoms with van der Waals surface area (Å²) in [6.07, 6.45) is 1.39. The van der Waals surface area contributed by atoms with Gasteiger partial charge in [0.05, 0.1) is 5.92 Å². The van der Waals surface area contributed by atoms with Gasteiger partial charge >= 0.3 is 12.0 Å². The highest BCUT2D eigenvalue weighted by Crippen LogP contribution is 2.16. The molecular weight excluding hydrogens is 256 g/mol. The summed E-state index contributed by atoms with van der Waals surface area (Å²) in [5.41, 5.74) is 2.21. The SMILES string of the molecule is Cc1ccccc1CNC(=O)N1CCC[C@H](C(=O)O)C1. The fourth-order valence-corrected chi connectivity index (χ4v) is 2.45. The van der Waals surface area contributed by atoms with Crippen molar-refractivity contribution >= 4 is 12.0 Å². The maximum atomic E-state index is 12.1. The van der Waals surface area contributed by atoms with Gasteiger partial charge in [-0.3, -0.25) is 4.79 Å². The van der Waals surface area contributed by atoms with Gasteiger partial charge in [0.25, 0.3) is 0 Å². The summed E-state index contributed by atoms with van der Waals surface area (Å²) in [5, 5.41) is 11.9. The molecule has 108 valence electrons. The van der Waals surface area contributed by atoms with Gasteiger partial charge in [-0.2, -0.15) is 0 Å². The van der Waals surface area contributed by atoms with Gasteiger partial charge in [-0.25, -0.2) is 4.79 Å². The molecule has 5 nitrogen and oxygen atoms in total. The zero-order valence-corrected chi connectivity index (χ0v) is 11.6. The lowest BCUT2D eigenvalue weighted by molar-refractivity contribution is -0.143. The van der Waals surface area contributed by atoms with E-state index in [4.69, 9.17) is 5.11 Å². The van der Waals surface area contributed by atoms with Crippen LogP contribution in [-0.4, -0.2) is 35.1 Å². The van der Waals surface area contributed by atoms with E-state index < -0.39 is 11.9 Å². The molecule has 0 bridgehead atoms. The Morgan fingerprint density at radius 3 is 2.85 bits per heavy atom. The number of hydrogen-bond donors (Lipinski definition) is 2. The van der Waals surface area contributed by atoms with Crippen molar-refractivity contribution in [3.8, 4) is 0 Å². The molecule has 0 aromatic heterocycles. The highest BCUT2D eigenvalue weighted by atomic mass is 16.4. The van der Waals surface area contributed by atoms with Crippen LogP contribution in [0.5, 0.6) is 0 Å². The summed E-state index contributed by atoms with van der Waals surface area (Å²) < 4.78 is 0. The second kappa shape index (κ2) is 6.41. The van der Waals surface area contributed by atoms with E-state index >= 15 is 0 Å². The lowest BCUT2D eigenvalue weighted by atomic mass is 9.99. The Morgan fingerprint density at radius 2 is 2.15 bits per heavy atom. The van der Waals surface area contributed by atoms with E-state index in [1.165, 1.54) is 0 Å². The molecule has 2 amide bonds. The van der Waals surface area contributed by atoms with Gasteiger partial charge in [0.15, 0.2) is 0 Å². The van der Waals surface area contributed by atoms with Gasteiger partial charge in [-0.15, -0.1) is 0 Å². The van der Waals surface area contributed by atoms with Crippen molar-refractivity contribution in [2.75, 3.05) is 13.1 Å². The summed E-state index contributed by atoms with van der Waals surface area (Å²) in [5.74, 6) is -1.26. The Kier molecular flexibility index (Phi) is 4.61. The number of nitrogens with zero attached hydrogens (tertiary/aromatic N) is 1. The second-order valence-corrected chi connectivity index (χ2v) is 5.21. The smallest absolute Gasteiger partial charge is 0.317 e. The number of likely N-dealkylation sites (tertiary alicyclic amines) is 1. The van der Waals surface area contributed by atoms with Gasteiger partial charge in [-0.1, -0.05) is 24.3 Å². The number of hydrogen-bond acceptors (Lipinski definition) is 2. The number of rotatable bonds is 3. The van der Waals surface area contributed by atoms with Gasteiger partial charge in [0.2, 0.25) is 0 Å². The van der Waals surface area contributed by atoms with E-state index in [9.17, 15) is 9.59 Å². The maximum Gasteiger partial charge on any atom is 0.317 e. The molecule has 1 aliphatic rings. The first-order valence-corrected chi connectivity index (χ1v) is 6.88. The number of aryl methyl sites for hydroxylation is 1. The quantitative estimate of drug-likeness (QED) is 0.887. The van der Waals surface area contributed by atoms with Gasteiger partial charge in [-0.05, 0) is 30.9 Å². The number of aliphatic carboxylic acids is 1. The first-order valence-electron chi connectivity index (χ1n) is 6.88. The number of amides is 2. The zero-order chi connectivity index (χ0) is 14.5. The molecule has 0 unspecified atom stereocenters. The molecule has 0 spiro atoms. The summed E-state index contributed by atoms with van der Waals surface area (Å²) >= 11 is 0. The Balaban J connectivity index is 1.89. The van der Waals surface area contributed by atoms with Gasteiger partial charge in [0, 0.05) is 19.6 Å². The Hall–Kier alpha value is -2.04. The highest BCUT2D eigenvalue weighted by Gasteiger charge is 2.27. The highest BCUT2D eigenvalue weighted by molar-refractivity contribution is 5.76. The number of benzene rings is 1. The number of carboxylic acid groups (broad SMARTS) is 1. The summed E-state index contributed by atoms with van der Waals surface area (Å²) in [4.78, 5) is 24.7. The minimum absolute atomic E-state index is 0.181. The van der Waals surface area contributed by atoms with E-state index in [1.807, 2.05) is 31.2 Å². The molecule has 2 rings (SSSR count). The van der Waals surface area contributed by atoms with Gasteiger partial charge in [0.1, 0.15) is 0 Å². The molecule has 1 atom stereocenters. The third kappa shape index (κ3) is 3.50. The third-order valence-electron chi connectivity index (χ3n) is 3.75. The topological polar surface area (TPSA) is 69.6 Å². The predicted octanol–water partition coefficient (Wildman–Crippen LogP) is 2.00. The average Bonchev–Trinajstić information content (AvgIpc) is 2.46. The van der Waals surface area contributed by atoms with E-state index in [0.29, 0.717) is 26.1 Å². The zero-order valence-electron chi connectivity index (χ0n) is 11.6. The number of nitrogens with one attached hydrogen (secondary N) is 1. The van der Waals surface area contributed by atoms with Crippen molar-refractivity contribution in [3.05, 3.63) is 35.4 Å². The van der Waals surface area contributed by atoms with Crippen LogP contribution < -0.4 is 5.32 Å². The third-order valence-corrected chi connectivity index (χ3v) is 3.75. The van der Waals surface area contributed by atoms with Crippen molar-refractivity contribution in [1.29, 1.82) is 0 Å². The number of carbonyl (C=O) groups excluding carboxylic acids is 1. The van der Waals surface area contributed by atoms with Crippen molar-refractivity contribution in [2.45, 2.75) is 26.3 Å². The summed E-state index contributed by atoms with van der Waals surface area (Å²) in [7, 11) is 0. The second-order valence-electron chi connectivity index (χ2n) is 5.21. The van der Waals surface area contributed by atoms with Crippen LogP contribution in [0.4, 0.5) is 4.79 Å². The Morgan fingerprint density at radius 1 is 1.40 bits per heavy atom. The molecule has 1 saturated heterocycles. The minimum Gasteiger partial charge on any atom is -0.481 e. The molecular formula is C15H20N2O3. The molecule has 2 N–H and O–H groups in total. The number of piperidine rings is 1. The van der Waals surface area contributed by atoms with Crippen LogP contribution in [0.25, 0.3) is 0 Å². The van der Waals surface area contributed by atoms with E-state index in [-0.39, 0.29) is 6.03 Å². The maximum absolute atomic E-state index is 12.1. The lowest BCUT2D eigenvalue weighted by Gasteiger charge is -2.30. The van der Waals surface area contributed by atoms with E-state index in [0.717, 1.165) is 17.5 Å². The first-order chi connectivity index (χ1) is 9.58. The molecule has 0 saturated carbocycles. The molecule has 5 heteroatoms. The van der Waals surface area contributed by atoms with Crippen LogP contribution in [0.3, 0.4) is 0 Å². The van der Waals surface area contributed by atoms with Crippen molar-refractivity contribution in [3.63, 3.8) is 0 Å². The first kappa shape index (κ1) is 14.4. The van der Waals surface area contributed by atoms with E-state index in [2.05, 4.69) is 5.32 Å². The molecule has 1 aromatic rings. The minimum atomic E-state index is -0.818. The Bertz CT molecular complexity index is 502. The summed E-state index contributed by atoms with van der Waals surface area (Å²) in [6.45, 7) is 3.40. The van der Waals surface area contributed by atoms with Crippen LogP contribution in [0.1, 0.15) is 24.0 Å². The fourth-order valence-electron chi connectivity index (χ4n) is 2.45. The van der Waals surface area contributed by atoms with Crippen LogP contribution in [0.2, 0.25) is 0 Å². The molecule has 0 radical (unpaired) electrons. The monoisotopic (exact) mass is 276 g/mol. The standard InChI is InChI=1S/C15H20N2O3/c1-11-5-2-3-6-12(11)9-16-15(20)17-8-4-7-13(10-17)14(18)19/h2-3,5-6,13H,4,7-10H2,1H3,(H,16,20)(H,18,19)/t13-/m0/s1. The van der Waals surface area contributed by atoms with Crippen LogP contribution in [0, 0.1) is 12.8 Å². The van der Waals surface area contributed by atoms with E-state index in [1.54, 1.807) is 4.90 Å². The molecule has 1 aromatic carbocycles. The van der Waals surface area contributed by atoms with Gasteiger partial charge < -0.3 is 15.3 Å².